The summed E-state index contributed by atoms with van der Waals surface area (Å²) in [5.41, 5.74) is 6.87. The molecule has 0 aliphatic carbocycles. The van der Waals surface area contributed by atoms with Crippen LogP contribution in [0.25, 0.3) is 0 Å². The highest BCUT2D eigenvalue weighted by Gasteiger charge is 2.16. The maximum Gasteiger partial charge on any atom is 0.188 e. The molecule has 1 aliphatic rings. The normalized spacial score (nSPS) is 16.3. The second kappa shape index (κ2) is 9.86. The molecule has 1 fully saturated rings. The topological polar surface area (TPSA) is 66.5 Å². The average molecular weight is 417 g/mol. The van der Waals surface area contributed by atoms with Gasteiger partial charge < -0.3 is 16.0 Å². The third kappa shape index (κ3) is 5.98. The molecular weight excluding hydrogens is 389 g/mol. The first-order chi connectivity index (χ1) is 10.2. The SMILES string of the molecule is CCCNC(N)=NCc1ccc(N2CCC(C)CC2)nc1.I. The summed E-state index contributed by atoms with van der Waals surface area (Å²) in [6, 6.07) is 4.19. The van der Waals surface area contributed by atoms with Crippen molar-refractivity contribution < 1.29 is 0 Å². The summed E-state index contributed by atoms with van der Waals surface area (Å²) < 4.78 is 0. The number of nitrogens with one attached hydrogen (secondary N) is 1. The Kier molecular flexibility index (Phi) is 8.52. The number of aromatic nitrogens is 1. The van der Waals surface area contributed by atoms with Crippen LogP contribution in [0.1, 0.15) is 38.7 Å². The van der Waals surface area contributed by atoms with E-state index in [0.717, 1.165) is 43.4 Å². The molecule has 0 aromatic carbocycles. The molecule has 0 unspecified atom stereocenters. The number of aliphatic imine (C=N–C) groups is 1. The minimum atomic E-state index is 0. The molecule has 5 nitrogen and oxygen atoms in total. The van der Waals surface area contributed by atoms with Gasteiger partial charge in [0.2, 0.25) is 0 Å². The summed E-state index contributed by atoms with van der Waals surface area (Å²) in [7, 11) is 0. The predicted molar refractivity (Wildman–Crippen MR) is 104 cm³/mol. The number of hydrogen-bond acceptors (Lipinski definition) is 3. The van der Waals surface area contributed by atoms with E-state index in [1.54, 1.807) is 0 Å². The lowest BCUT2D eigenvalue weighted by Gasteiger charge is -2.31. The molecule has 2 heterocycles. The second-order valence-electron chi connectivity index (χ2n) is 5.82. The van der Waals surface area contributed by atoms with Crippen LogP contribution in [0.2, 0.25) is 0 Å². The molecule has 1 aliphatic heterocycles. The first kappa shape index (κ1) is 19.0. The number of rotatable bonds is 5. The summed E-state index contributed by atoms with van der Waals surface area (Å²) >= 11 is 0. The molecule has 0 spiro atoms. The minimum absolute atomic E-state index is 0. The van der Waals surface area contributed by atoms with Gasteiger partial charge in [0.1, 0.15) is 5.82 Å². The number of piperidine rings is 1. The van der Waals surface area contributed by atoms with Crippen LogP contribution < -0.4 is 16.0 Å². The molecule has 124 valence electrons. The Morgan fingerprint density at radius 1 is 1.41 bits per heavy atom. The van der Waals surface area contributed by atoms with Crippen LogP contribution in [0, 0.1) is 5.92 Å². The van der Waals surface area contributed by atoms with E-state index in [9.17, 15) is 0 Å². The van der Waals surface area contributed by atoms with Gasteiger partial charge in [0.25, 0.3) is 0 Å². The van der Waals surface area contributed by atoms with Gasteiger partial charge in [-0.3, -0.25) is 0 Å². The van der Waals surface area contributed by atoms with Crippen molar-refractivity contribution in [3.05, 3.63) is 23.9 Å². The van der Waals surface area contributed by atoms with E-state index in [2.05, 4.69) is 46.2 Å². The number of hydrogen-bond donors (Lipinski definition) is 2. The van der Waals surface area contributed by atoms with Crippen molar-refractivity contribution in [1.29, 1.82) is 0 Å². The van der Waals surface area contributed by atoms with Crippen LogP contribution in [0.5, 0.6) is 0 Å². The Hall–Kier alpha value is -1.05. The monoisotopic (exact) mass is 417 g/mol. The highest BCUT2D eigenvalue weighted by molar-refractivity contribution is 14.0. The number of guanidine groups is 1. The molecule has 0 saturated carbocycles. The van der Waals surface area contributed by atoms with E-state index in [4.69, 9.17) is 5.73 Å². The molecule has 0 atom stereocenters. The smallest absolute Gasteiger partial charge is 0.188 e. The fraction of sp³-hybridized carbons (Fsp3) is 0.625. The lowest BCUT2D eigenvalue weighted by atomic mass is 9.99. The van der Waals surface area contributed by atoms with Gasteiger partial charge in [-0.2, -0.15) is 0 Å². The Morgan fingerprint density at radius 2 is 2.14 bits per heavy atom. The zero-order valence-electron chi connectivity index (χ0n) is 13.6. The van der Waals surface area contributed by atoms with Crippen molar-refractivity contribution >= 4 is 35.8 Å². The molecule has 0 amide bonds. The highest BCUT2D eigenvalue weighted by atomic mass is 127. The lowest BCUT2D eigenvalue weighted by Crippen LogP contribution is -2.33. The van der Waals surface area contributed by atoms with Gasteiger partial charge in [-0.25, -0.2) is 9.98 Å². The van der Waals surface area contributed by atoms with Gasteiger partial charge in [-0.05, 0) is 36.8 Å². The molecule has 0 radical (unpaired) electrons. The van der Waals surface area contributed by atoms with Gasteiger partial charge in [0, 0.05) is 25.8 Å². The Labute approximate surface area is 150 Å². The molecule has 3 N–H and O–H groups in total. The predicted octanol–water partition coefficient (Wildman–Crippen LogP) is 2.75. The Bertz CT molecular complexity index is 452. The molecule has 1 aromatic rings. The van der Waals surface area contributed by atoms with E-state index in [-0.39, 0.29) is 24.0 Å². The summed E-state index contributed by atoms with van der Waals surface area (Å²) in [5, 5.41) is 3.07. The average Bonchev–Trinajstić information content (AvgIpc) is 2.52. The largest absolute Gasteiger partial charge is 0.370 e. The Morgan fingerprint density at radius 3 is 2.73 bits per heavy atom. The number of nitrogens with two attached hydrogens (primary N) is 1. The van der Waals surface area contributed by atoms with Crippen LogP contribution >= 0.6 is 24.0 Å². The number of anilines is 1. The van der Waals surface area contributed by atoms with Gasteiger partial charge in [-0.15, -0.1) is 24.0 Å². The molecular formula is C16H28IN5. The van der Waals surface area contributed by atoms with Gasteiger partial charge in [0.05, 0.1) is 6.54 Å². The van der Waals surface area contributed by atoms with Crippen LogP contribution in [0.4, 0.5) is 5.82 Å². The van der Waals surface area contributed by atoms with Crippen LogP contribution in [-0.2, 0) is 6.54 Å². The van der Waals surface area contributed by atoms with E-state index in [1.807, 2.05) is 6.20 Å². The maximum atomic E-state index is 5.78. The lowest BCUT2D eigenvalue weighted by molar-refractivity contribution is 0.436. The van der Waals surface area contributed by atoms with Crippen molar-refractivity contribution in [2.24, 2.45) is 16.6 Å². The van der Waals surface area contributed by atoms with Crippen molar-refractivity contribution in [3.8, 4) is 0 Å². The van der Waals surface area contributed by atoms with Crippen LogP contribution in [-0.4, -0.2) is 30.6 Å². The molecule has 0 bridgehead atoms. The molecule has 2 rings (SSSR count). The van der Waals surface area contributed by atoms with Gasteiger partial charge in [0.15, 0.2) is 5.96 Å². The summed E-state index contributed by atoms with van der Waals surface area (Å²) in [5.74, 6) is 2.42. The summed E-state index contributed by atoms with van der Waals surface area (Å²) in [6.45, 7) is 8.08. The van der Waals surface area contributed by atoms with Gasteiger partial charge in [-0.1, -0.05) is 19.9 Å². The highest BCUT2D eigenvalue weighted by Crippen LogP contribution is 2.21. The van der Waals surface area contributed by atoms with Crippen molar-refractivity contribution in [2.75, 3.05) is 24.5 Å². The third-order valence-corrected chi connectivity index (χ3v) is 3.90. The Balaban J connectivity index is 0.00000242. The molecule has 1 saturated heterocycles. The second-order valence-corrected chi connectivity index (χ2v) is 5.82. The molecule has 1 aromatic heterocycles. The van der Waals surface area contributed by atoms with Crippen LogP contribution in [0.3, 0.4) is 0 Å². The zero-order valence-corrected chi connectivity index (χ0v) is 15.9. The fourth-order valence-electron chi connectivity index (χ4n) is 2.42. The fourth-order valence-corrected chi connectivity index (χ4v) is 2.42. The first-order valence-electron chi connectivity index (χ1n) is 7.92. The molecule has 22 heavy (non-hydrogen) atoms. The minimum Gasteiger partial charge on any atom is -0.370 e. The van der Waals surface area contributed by atoms with E-state index >= 15 is 0 Å². The summed E-state index contributed by atoms with van der Waals surface area (Å²) in [4.78, 5) is 11.2. The number of nitrogens with zero attached hydrogens (tertiary/aromatic N) is 3. The van der Waals surface area contributed by atoms with Gasteiger partial charge >= 0.3 is 0 Å². The quantitative estimate of drug-likeness (QED) is 0.439. The summed E-state index contributed by atoms with van der Waals surface area (Å²) in [6.07, 6.45) is 5.46. The molecule has 6 heteroatoms. The standard InChI is InChI=1S/C16H27N5.HI/c1-3-8-18-16(17)20-12-14-4-5-15(19-11-14)21-9-6-13(2)7-10-21;/h4-5,11,13H,3,6-10,12H2,1-2H3,(H3,17,18,20);1H. The zero-order chi connectivity index (χ0) is 15.1. The maximum absolute atomic E-state index is 5.78. The van der Waals surface area contributed by atoms with E-state index in [0.29, 0.717) is 12.5 Å². The number of pyridine rings is 1. The van der Waals surface area contributed by atoms with E-state index < -0.39 is 0 Å². The third-order valence-electron chi connectivity index (χ3n) is 3.90. The first-order valence-corrected chi connectivity index (χ1v) is 7.92. The number of halogens is 1. The van der Waals surface area contributed by atoms with Crippen molar-refractivity contribution in [1.82, 2.24) is 10.3 Å². The van der Waals surface area contributed by atoms with Crippen LogP contribution in [0.15, 0.2) is 23.3 Å². The van der Waals surface area contributed by atoms with E-state index in [1.165, 1.54) is 12.8 Å². The van der Waals surface area contributed by atoms with Crippen molar-refractivity contribution in [3.63, 3.8) is 0 Å². The van der Waals surface area contributed by atoms with Crippen molar-refractivity contribution in [2.45, 2.75) is 39.7 Å².